The second-order valence-corrected chi connectivity index (χ2v) is 4.09. The van der Waals surface area contributed by atoms with E-state index in [-0.39, 0.29) is 12.0 Å². The highest BCUT2D eigenvalue weighted by molar-refractivity contribution is 5.86. The van der Waals surface area contributed by atoms with Gasteiger partial charge in [-0.2, -0.15) is 0 Å². The van der Waals surface area contributed by atoms with Crippen LogP contribution in [0.25, 0.3) is 0 Å². The monoisotopic (exact) mass is 244 g/mol. The molecule has 0 saturated carbocycles. The van der Waals surface area contributed by atoms with Gasteiger partial charge in [0.25, 0.3) is 0 Å². The van der Waals surface area contributed by atoms with E-state index in [9.17, 15) is 9.59 Å². The highest BCUT2D eigenvalue weighted by atomic mass is 16.5. The molecule has 0 aromatic carbocycles. The fourth-order valence-electron chi connectivity index (χ4n) is 1.84. The second-order valence-electron chi connectivity index (χ2n) is 4.09. The number of methoxy groups -OCH3 is 2. The molecule has 2 atom stereocenters. The van der Waals surface area contributed by atoms with Crippen LogP contribution in [-0.2, 0) is 14.3 Å². The Hall–Kier alpha value is -1.30. The number of nitrogens with zero attached hydrogens (tertiary/aromatic N) is 1. The number of hydrogen-bond donors (Lipinski definition) is 1. The number of alkyl carbamates (subject to hydrolysis) is 1. The van der Waals surface area contributed by atoms with E-state index < -0.39 is 12.1 Å². The Labute approximate surface area is 101 Å². The van der Waals surface area contributed by atoms with Crippen LogP contribution in [0.5, 0.6) is 0 Å². The maximum atomic E-state index is 12.2. The molecule has 1 aliphatic rings. The van der Waals surface area contributed by atoms with Crippen LogP contribution in [-0.4, -0.2) is 56.4 Å². The fourth-order valence-corrected chi connectivity index (χ4v) is 1.84. The zero-order valence-electron chi connectivity index (χ0n) is 10.6. The van der Waals surface area contributed by atoms with E-state index >= 15 is 0 Å². The zero-order chi connectivity index (χ0) is 12.8. The van der Waals surface area contributed by atoms with Gasteiger partial charge in [0.05, 0.1) is 13.2 Å². The third-order valence-corrected chi connectivity index (χ3v) is 2.98. The molecule has 1 saturated heterocycles. The van der Waals surface area contributed by atoms with Gasteiger partial charge in [-0.15, -0.1) is 0 Å². The average Bonchev–Trinajstić information content (AvgIpc) is 2.87. The normalized spacial score (nSPS) is 18.6. The summed E-state index contributed by atoms with van der Waals surface area (Å²) in [4.78, 5) is 25.1. The van der Waals surface area contributed by atoms with E-state index in [1.165, 1.54) is 14.2 Å². The summed E-state index contributed by atoms with van der Waals surface area (Å²) in [5, 5.41) is 2.52. The van der Waals surface area contributed by atoms with Crippen LogP contribution < -0.4 is 5.32 Å². The van der Waals surface area contributed by atoms with E-state index in [1.54, 1.807) is 11.8 Å². The van der Waals surface area contributed by atoms with Gasteiger partial charge in [-0.05, 0) is 19.8 Å². The van der Waals surface area contributed by atoms with Crippen molar-refractivity contribution in [2.45, 2.75) is 31.9 Å². The predicted molar refractivity (Wildman–Crippen MR) is 61.6 cm³/mol. The molecule has 6 heteroatoms. The fraction of sp³-hybridized carbons (Fsp3) is 0.818. The van der Waals surface area contributed by atoms with Crippen LogP contribution in [0.1, 0.15) is 19.8 Å². The molecule has 17 heavy (non-hydrogen) atoms. The van der Waals surface area contributed by atoms with Crippen LogP contribution in [0.15, 0.2) is 0 Å². The van der Waals surface area contributed by atoms with Crippen LogP contribution >= 0.6 is 0 Å². The second kappa shape index (κ2) is 6.44. The largest absolute Gasteiger partial charge is 0.453 e. The van der Waals surface area contributed by atoms with E-state index in [4.69, 9.17) is 4.74 Å². The lowest BCUT2D eigenvalue weighted by molar-refractivity contribution is -0.135. The summed E-state index contributed by atoms with van der Waals surface area (Å²) < 4.78 is 9.63. The SMILES string of the molecule is COC(=O)N[C@@H](C(=O)N1CCCC1)[C@H](C)OC. The summed E-state index contributed by atoms with van der Waals surface area (Å²) in [7, 11) is 2.78. The van der Waals surface area contributed by atoms with Crippen LogP contribution in [0.3, 0.4) is 0 Å². The minimum atomic E-state index is -0.689. The first kappa shape index (κ1) is 13.8. The molecule has 2 amide bonds. The first-order valence-corrected chi connectivity index (χ1v) is 5.76. The third-order valence-electron chi connectivity index (χ3n) is 2.98. The lowest BCUT2D eigenvalue weighted by atomic mass is 10.1. The standard InChI is InChI=1S/C11H20N2O4/c1-8(16-2)9(12-11(15)17-3)10(14)13-6-4-5-7-13/h8-9H,4-7H2,1-3H3,(H,12,15)/t8-,9+/m0/s1. The van der Waals surface area contributed by atoms with Gasteiger partial charge in [-0.3, -0.25) is 4.79 Å². The van der Waals surface area contributed by atoms with E-state index in [0.717, 1.165) is 25.9 Å². The molecule has 1 fully saturated rings. The number of amides is 2. The summed E-state index contributed by atoms with van der Waals surface area (Å²) in [5.74, 6) is -0.109. The molecular weight excluding hydrogens is 224 g/mol. The Bertz CT molecular complexity index is 277. The molecule has 1 aliphatic heterocycles. The Morgan fingerprint density at radius 2 is 1.82 bits per heavy atom. The molecule has 1 rings (SSSR count). The van der Waals surface area contributed by atoms with Gasteiger partial charge in [-0.1, -0.05) is 0 Å². The van der Waals surface area contributed by atoms with Crippen molar-refractivity contribution in [3.8, 4) is 0 Å². The van der Waals surface area contributed by atoms with Crippen molar-refractivity contribution in [3.63, 3.8) is 0 Å². The minimum Gasteiger partial charge on any atom is -0.453 e. The van der Waals surface area contributed by atoms with Gasteiger partial charge in [0.15, 0.2) is 0 Å². The molecule has 0 aromatic rings. The Morgan fingerprint density at radius 3 is 2.29 bits per heavy atom. The van der Waals surface area contributed by atoms with Crippen molar-refractivity contribution in [1.29, 1.82) is 0 Å². The zero-order valence-corrected chi connectivity index (χ0v) is 10.6. The average molecular weight is 244 g/mol. The molecule has 0 spiro atoms. The molecule has 0 aliphatic carbocycles. The number of nitrogens with one attached hydrogen (secondary N) is 1. The van der Waals surface area contributed by atoms with Crippen molar-refractivity contribution in [2.75, 3.05) is 27.3 Å². The number of hydrogen-bond acceptors (Lipinski definition) is 4. The van der Waals surface area contributed by atoms with Crippen LogP contribution in [0.2, 0.25) is 0 Å². The molecule has 0 radical (unpaired) electrons. The Kier molecular flexibility index (Phi) is 5.21. The number of carbonyl (C=O) groups is 2. The van der Waals surface area contributed by atoms with E-state index in [0.29, 0.717) is 0 Å². The molecule has 1 N–H and O–H groups in total. The van der Waals surface area contributed by atoms with Gasteiger partial charge >= 0.3 is 6.09 Å². The lowest BCUT2D eigenvalue weighted by Crippen LogP contribution is -2.53. The summed E-state index contributed by atoms with van der Waals surface area (Å²) in [6, 6.07) is -0.689. The van der Waals surface area contributed by atoms with Crippen molar-refractivity contribution in [2.24, 2.45) is 0 Å². The van der Waals surface area contributed by atoms with Crippen molar-refractivity contribution in [3.05, 3.63) is 0 Å². The van der Waals surface area contributed by atoms with Gasteiger partial charge in [0, 0.05) is 20.2 Å². The topological polar surface area (TPSA) is 67.9 Å². The first-order chi connectivity index (χ1) is 8.10. The number of ether oxygens (including phenoxy) is 2. The summed E-state index contributed by atoms with van der Waals surface area (Å²) in [6.45, 7) is 3.23. The maximum absolute atomic E-state index is 12.2. The summed E-state index contributed by atoms with van der Waals surface area (Å²) >= 11 is 0. The number of likely N-dealkylation sites (tertiary alicyclic amines) is 1. The van der Waals surface area contributed by atoms with Crippen LogP contribution in [0.4, 0.5) is 4.79 Å². The predicted octanol–water partition coefficient (Wildman–Crippen LogP) is 0.368. The molecule has 0 aromatic heterocycles. The smallest absolute Gasteiger partial charge is 0.407 e. The van der Waals surface area contributed by atoms with Crippen molar-refractivity contribution in [1.82, 2.24) is 10.2 Å². The molecule has 1 heterocycles. The number of carbonyl (C=O) groups excluding carboxylic acids is 2. The number of rotatable bonds is 4. The van der Waals surface area contributed by atoms with Gasteiger partial charge in [0.1, 0.15) is 6.04 Å². The first-order valence-electron chi connectivity index (χ1n) is 5.76. The highest BCUT2D eigenvalue weighted by Gasteiger charge is 2.32. The third kappa shape index (κ3) is 3.59. The Morgan fingerprint density at radius 1 is 1.24 bits per heavy atom. The van der Waals surface area contributed by atoms with E-state index in [1.807, 2.05) is 0 Å². The summed E-state index contributed by atoms with van der Waals surface area (Å²) in [6.07, 6.45) is 1.02. The Balaban J connectivity index is 2.67. The molecule has 0 unspecified atom stereocenters. The van der Waals surface area contributed by atoms with Crippen molar-refractivity contribution >= 4 is 12.0 Å². The van der Waals surface area contributed by atoms with Gasteiger partial charge in [-0.25, -0.2) is 4.79 Å². The highest BCUT2D eigenvalue weighted by Crippen LogP contribution is 2.11. The lowest BCUT2D eigenvalue weighted by Gasteiger charge is -2.27. The molecular formula is C11H20N2O4. The summed E-state index contributed by atoms with van der Waals surface area (Å²) in [5.41, 5.74) is 0. The molecule has 98 valence electrons. The molecule has 6 nitrogen and oxygen atoms in total. The van der Waals surface area contributed by atoms with E-state index in [2.05, 4.69) is 10.1 Å². The molecule has 0 bridgehead atoms. The quantitative estimate of drug-likeness (QED) is 0.775. The van der Waals surface area contributed by atoms with Gasteiger partial charge in [0.2, 0.25) is 5.91 Å². The maximum Gasteiger partial charge on any atom is 0.407 e. The minimum absolute atomic E-state index is 0.109. The van der Waals surface area contributed by atoms with Crippen molar-refractivity contribution < 1.29 is 19.1 Å². The van der Waals surface area contributed by atoms with Crippen LogP contribution in [0, 0.1) is 0 Å². The van der Waals surface area contributed by atoms with Gasteiger partial charge < -0.3 is 19.7 Å².